The van der Waals surface area contributed by atoms with E-state index in [0.717, 1.165) is 5.56 Å². The minimum Gasteiger partial charge on any atom is -0.345 e. The zero-order chi connectivity index (χ0) is 17.1. The molecule has 2 aromatic carbocycles. The molecule has 0 aliphatic carbocycles. The normalized spacial score (nSPS) is 12.0. The molecule has 0 radical (unpaired) electrons. The summed E-state index contributed by atoms with van der Waals surface area (Å²) in [5.41, 5.74) is 2.89. The van der Waals surface area contributed by atoms with Crippen molar-refractivity contribution in [1.82, 2.24) is 15.1 Å². The van der Waals surface area contributed by atoms with Crippen molar-refractivity contribution < 1.29 is 9.18 Å². The average molecular weight is 323 g/mol. The van der Waals surface area contributed by atoms with Crippen molar-refractivity contribution >= 4 is 5.91 Å². The standard InChI is InChI=1S/C19H18FN3O/c1-13-7-9-15(10-8-13)14(2)22-19(24)16-11-21-23(12-16)18-6-4-3-5-17(18)20/h3-12,14H,1-2H3,(H,22,24). The van der Waals surface area contributed by atoms with Crippen LogP contribution >= 0.6 is 0 Å². The van der Waals surface area contributed by atoms with Crippen molar-refractivity contribution in [2.45, 2.75) is 19.9 Å². The Bertz CT molecular complexity index is 855. The number of carbonyl (C=O) groups is 1. The smallest absolute Gasteiger partial charge is 0.254 e. The van der Waals surface area contributed by atoms with E-state index in [2.05, 4.69) is 10.4 Å². The van der Waals surface area contributed by atoms with Crippen LogP contribution in [0.15, 0.2) is 60.9 Å². The summed E-state index contributed by atoms with van der Waals surface area (Å²) in [6.45, 7) is 3.94. The van der Waals surface area contributed by atoms with Gasteiger partial charge in [0.15, 0.2) is 0 Å². The highest BCUT2D eigenvalue weighted by molar-refractivity contribution is 5.94. The Morgan fingerprint density at radius 1 is 1.17 bits per heavy atom. The predicted molar refractivity (Wildman–Crippen MR) is 90.6 cm³/mol. The van der Waals surface area contributed by atoms with Gasteiger partial charge in [-0.3, -0.25) is 4.79 Å². The van der Waals surface area contributed by atoms with Crippen LogP contribution in [0.3, 0.4) is 0 Å². The zero-order valence-electron chi connectivity index (χ0n) is 13.5. The molecule has 0 saturated carbocycles. The van der Waals surface area contributed by atoms with E-state index in [0.29, 0.717) is 11.3 Å². The number of para-hydroxylation sites is 1. The number of nitrogens with one attached hydrogen (secondary N) is 1. The van der Waals surface area contributed by atoms with E-state index in [1.807, 2.05) is 38.1 Å². The number of halogens is 1. The molecule has 24 heavy (non-hydrogen) atoms. The Labute approximate surface area is 139 Å². The Morgan fingerprint density at radius 2 is 1.88 bits per heavy atom. The number of amides is 1. The molecule has 0 spiro atoms. The summed E-state index contributed by atoms with van der Waals surface area (Å²) < 4.78 is 15.2. The van der Waals surface area contributed by atoms with Crippen LogP contribution in [0.25, 0.3) is 5.69 Å². The van der Waals surface area contributed by atoms with Crippen LogP contribution in [0.4, 0.5) is 4.39 Å². The molecule has 1 heterocycles. The first-order valence-corrected chi connectivity index (χ1v) is 7.71. The molecule has 0 bridgehead atoms. The van der Waals surface area contributed by atoms with Gasteiger partial charge < -0.3 is 5.32 Å². The number of carbonyl (C=O) groups excluding carboxylic acids is 1. The van der Waals surface area contributed by atoms with Gasteiger partial charge in [0.25, 0.3) is 5.91 Å². The summed E-state index contributed by atoms with van der Waals surface area (Å²) in [4.78, 5) is 12.4. The third kappa shape index (κ3) is 3.35. The van der Waals surface area contributed by atoms with Crippen molar-refractivity contribution in [3.05, 3.63) is 83.4 Å². The third-order valence-electron chi connectivity index (χ3n) is 3.87. The topological polar surface area (TPSA) is 46.9 Å². The lowest BCUT2D eigenvalue weighted by molar-refractivity contribution is 0.0940. The van der Waals surface area contributed by atoms with Gasteiger partial charge in [-0.2, -0.15) is 5.10 Å². The molecule has 0 aliphatic rings. The highest BCUT2D eigenvalue weighted by atomic mass is 19.1. The van der Waals surface area contributed by atoms with Gasteiger partial charge in [0.05, 0.1) is 17.8 Å². The fourth-order valence-electron chi connectivity index (χ4n) is 2.43. The molecular formula is C19H18FN3O. The molecule has 1 amide bonds. The van der Waals surface area contributed by atoms with Gasteiger partial charge in [-0.15, -0.1) is 0 Å². The average Bonchev–Trinajstić information content (AvgIpc) is 3.05. The van der Waals surface area contributed by atoms with Crippen LogP contribution in [0.2, 0.25) is 0 Å². The summed E-state index contributed by atoms with van der Waals surface area (Å²) in [5.74, 6) is -0.633. The van der Waals surface area contributed by atoms with Gasteiger partial charge in [0.2, 0.25) is 0 Å². The number of rotatable bonds is 4. The van der Waals surface area contributed by atoms with E-state index in [9.17, 15) is 9.18 Å². The van der Waals surface area contributed by atoms with Gasteiger partial charge in [-0.25, -0.2) is 9.07 Å². The van der Waals surface area contributed by atoms with E-state index in [1.54, 1.807) is 18.2 Å². The number of nitrogens with zero attached hydrogens (tertiary/aromatic N) is 2. The van der Waals surface area contributed by atoms with Crippen molar-refractivity contribution in [1.29, 1.82) is 0 Å². The monoisotopic (exact) mass is 323 g/mol. The van der Waals surface area contributed by atoms with Gasteiger partial charge in [-0.05, 0) is 31.5 Å². The predicted octanol–water partition coefficient (Wildman–Crippen LogP) is 3.81. The van der Waals surface area contributed by atoms with Crippen LogP contribution < -0.4 is 5.32 Å². The fourth-order valence-corrected chi connectivity index (χ4v) is 2.43. The van der Waals surface area contributed by atoms with Gasteiger partial charge in [0.1, 0.15) is 11.5 Å². The Hall–Kier alpha value is -2.95. The Balaban J connectivity index is 1.74. The molecule has 5 heteroatoms. The molecule has 1 unspecified atom stereocenters. The molecule has 0 aliphatic heterocycles. The number of hydrogen-bond acceptors (Lipinski definition) is 2. The van der Waals surface area contributed by atoms with Crippen LogP contribution in [0.5, 0.6) is 0 Å². The fraction of sp³-hybridized carbons (Fsp3) is 0.158. The number of aryl methyl sites for hydroxylation is 1. The Kier molecular flexibility index (Phi) is 4.42. The second kappa shape index (κ2) is 6.66. The van der Waals surface area contributed by atoms with Gasteiger partial charge in [0, 0.05) is 6.20 Å². The van der Waals surface area contributed by atoms with Crippen molar-refractivity contribution in [2.75, 3.05) is 0 Å². The van der Waals surface area contributed by atoms with Crippen molar-refractivity contribution in [3.63, 3.8) is 0 Å². The molecular weight excluding hydrogens is 305 g/mol. The lowest BCUT2D eigenvalue weighted by Gasteiger charge is -2.13. The second-order valence-electron chi connectivity index (χ2n) is 5.73. The van der Waals surface area contributed by atoms with Crippen LogP contribution in [-0.4, -0.2) is 15.7 Å². The van der Waals surface area contributed by atoms with Crippen molar-refractivity contribution in [3.8, 4) is 5.69 Å². The largest absolute Gasteiger partial charge is 0.345 e. The molecule has 1 N–H and O–H groups in total. The quantitative estimate of drug-likeness (QED) is 0.793. The molecule has 3 aromatic rings. The molecule has 1 atom stereocenters. The Morgan fingerprint density at radius 3 is 2.58 bits per heavy atom. The highest BCUT2D eigenvalue weighted by Gasteiger charge is 2.14. The first kappa shape index (κ1) is 15.9. The lowest BCUT2D eigenvalue weighted by atomic mass is 10.1. The van der Waals surface area contributed by atoms with E-state index in [4.69, 9.17) is 0 Å². The summed E-state index contributed by atoms with van der Waals surface area (Å²) >= 11 is 0. The highest BCUT2D eigenvalue weighted by Crippen LogP contribution is 2.15. The number of aromatic nitrogens is 2. The summed E-state index contributed by atoms with van der Waals surface area (Å²) in [6, 6.07) is 14.2. The first-order valence-electron chi connectivity index (χ1n) is 7.71. The SMILES string of the molecule is Cc1ccc(C(C)NC(=O)c2cnn(-c3ccccc3F)c2)cc1. The molecule has 0 saturated heterocycles. The van der Waals surface area contributed by atoms with Crippen LogP contribution in [0.1, 0.15) is 34.5 Å². The second-order valence-corrected chi connectivity index (χ2v) is 5.73. The maximum absolute atomic E-state index is 13.8. The molecule has 4 nitrogen and oxygen atoms in total. The summed E-state index contributed by atoms with van der Waals surface area (Å²) in [5, 5.41) is 7.00. The van der Waals surface area contributed by atoms with E-state index >= 15 is 0 Å². The zero-order valence-corrected chi connectivity index (χ0v) is 13.5. The first-order chi connectivity index (χ1) is 11.5. The third-order valence-corrected chi connectivity index (χ3v) is 3.87. The van der Waals surface area contributed by atoms with Crippen LogP contribution in [-0.2, 0) is 0 Å². The van der Waals surface area contributed by atoms with E-state index in [1.165, 1.54) is 28.7 Å². The van der Waals surface area contributed by atoms with Gasteiger partial charge in [-0.1, -0.05) is 42.0 Å². The lowest BCUT2D eigenvalue weighted by Crippen LogP contribution is -2.26. The summed E-state index contributed by atoms with van der Waals surface area (Å²) in [6.07, 6.45) is 2.96. The van der Waals surface area contributed by atoms with E-state index < -0.39 is 0 Å². The number of benzene rings is 2. The molecule has 122 valence electrons. The van der Waals surface area contributed by atoms with Crippen molar-refractivity contribution in [2.24, 2.45) is 0 Å². The maximum Gasteiger partial charge on any atom is 0.254 e. The van der Waals surface area contributed by atoms with E-state index in [-0.39, 0.29) is 17.8 Å². The minimum atomic E-state index is -0.388. The molecule has 1 aromatic heterocycles. The van der Waals surface area contributed by atoms with Crippen LogP contribution in [0, 0.1) is 12.7 Å². The summed E-state index contributed by atoms with van der Waals surface area (Å²) in [7, 11) is 0. The minimum absolute atomic E-state index is 0.130. The maximum atomic E-state index is 13.8. The number of hydrogen-bond donors (Lipinski definition) is 1. The molecule has 3 rings (SSSR count). The molecule has 0 fully saturated rings. The van der Waals surface area contributed by atoms with Gasteiger partial charge >= 0.3 is 0 Å².